The summed E-state index contributed by atoms with van der Waals surface area (Å²) in [6, 6.07) is 0. The molecule has 0 aromatic heterocycles. The van der Waals surface area contributed by atoms with E-state index in [9.17, 15) is 9.59 Å². The fourth-order valence-electron chi connectivity index (χ4n) is 1.04. The topological polar surface area (TPSA) is 83.6 Å². The average Bonchev–Trinajstić information content (AvgIpc) is 2.00. The Labute approximate surface area is 83.9 Å². The first-order chi connectivity index (χ1) is 6.29. The summed E-state index contributed by atoms with van der Waals surface area (Å²) in [5.41, 5.74) is 4.43. The standard InChI is InChI=1S/C9H18N2O3/c1-9(2,3)8(14)11(4-5-12)6-7(10)13/h12H,4-6H2,1-3H3,(H2,10,13). The van der Waals surface area contributed by atoms with E-state index in [1.807, 2.05) is 0 Å². The van der Waals surface area contributed by atoms with Crippen molar-refractivity contribution in [1.29, 1.82) is 0 Å². The summed E-state index contributed by atoms with van der Waals surface area (Å²) in [4.78, 5) is 23.6. The second kappa shape index (κ2) is 4.95. The van der Waals surface area contributed by atoms with E-state index in [0.717, 1.165) is 0 Å². The van der Waals surface area contributed by atoms with E-state index >= 15 is 0 Å². The predicted molar refractivity (Wildman–Crippen MR) is 52.3 cm³/mol. The van der Waals surface area contributed by atoms with Gasteiger partial charge in [0.15, 0.2) is 0 Å². The molecule has 0 aromatic rings. The van der Waals surface area contributed by atoms with Crippen molar-refractivity contribution in [3.8, 4) is 0 Å². The van der Waals surface area contributed by atoms with Gasteiger partial charge in [0.2, 0.25) is 11.8 Å². The molecule has 0 fully saturated rings. The highest BCUT2D eigenvalue weighted by molar-refractivity contribution is 5.86. The average molecular weight is 202 g/mol. The highest BCUT2D eigenvalue weighted by atomic mass is 16.3. The van der Waals surface area contributed by atoms with Crippen LogP contribution in [-0.4, -0.2) is 41.5 Å². The maximum Gasteiger partial charge on any atom is 0.237 e. The van der Waals surface area contributed by atoms with Crippen LogP contribution >= 0.6 is 0 Å². The van der Waals surface area contributed by atoms with Gasteiger partial charge in [0.1, 0.15) is 0 Å². The van der Waals surface area contributed by atoms with Gasteiger partial charge in [-0.3, -0.25) is 9.59 Å². The molecule has 82 valence electrons. The Morgan fingerprint density at radius 2 is 1.86 bits per heavy atom. The lowest BCUT2D eigenvalue weighted by Gasteiger charge is -2.27. The third-order valence-corrected chi connectivity index (χ3v) is 1.65. The van der Waals surface area contributed by atoms with Gasteiger partial charge in [-0.25, -0.2) is 0 Å². The Kier molecular flexibility index (Phi) is 4.56. The molecular formula is C9H18N2O3. The van der Waals surface area contributed by atoms with Crippen molar-refractivity contribution < 1.29 is 14.7 Å². The van der Waals surface area contributed by atoms with Gasteiger partial charge in [0.05, 0.1) is 13.2 Å². The summed E-state index contributed by atoms with van der Waals surface area (Å²) in [6.07, 6.45) is 0. The normalized spacial score (nSPS) is 11.1. The molecule has 5 nitrogen and oxygen atoms in total. The zero-order valence-electron chi connectivity index (χ0n) is 8.91. The SMILES string of the molecule is CC(C)(C)C(=O)N(CCO)CC(N)=O. The van der Waals surface area contributed by atoms with Crippen LogP contribution in [-0.2, 0) is 9.59 Å². The molecule has 0 bridgehead atoms. The third kappa shape index (κ3) is 4.23. The zero-order chi connectivity index (χ0) is 11.4. The van der Waals surface area contributed by atoms with E-state index in [2.05, 4.69) is 0 Å². The summed E-state index contributed by atoms with van der Waals surface area (Å²) in [5, 5.41) is 8.72. The number of rotatable bonds is 4. The molecule has 14 heavy (non-hydrogen) atoms. The van der Waals surface area contributed by atoms with Crippen LogP contribution in [0.4, 0.5) is 0 Å². The van der Waals surface area contributed by atoms with Gasteiger partial charge in [-0.15, -0.1) is 0 Å². The zero-order valence-corrected chi connectivity index (χ0v) is 8.91. The molecule has 5 heteroatoms. The summed E-state index contributed by atoms with van der Waals surface area (Å²) in [6.45, 7) is 5.08. The van der Waals surface area contributed by atoms with Crippen LogP contribution in [0.15, 0.2) is 0 Å². The minimum atomic E-state index is -0.573. The largest absolute Gasteiger partial charge is 0.395 e. The van der Waals surface area contributed by atoms with Crippen molar-refractivity contribution in [2.24, 2.45) is 11.1 Å². The quantitative estimate of drug-likeness (QED) is 0.634. The summed E-state index contributed by atoms with van der Waals surface area (Å²) < 4.78 is 0. The maximum absolute atomic E-state index is 11.7. The Bertz CT molecular complexity index is 221. The molecule has 0 heterocycles. The molecule has 2 amide bonds. The molecule has 0 atom stereocenters. The van der Waals surface area contributed by atoms with Crippen molar-refractivity contribution in [1.82, 2.24) is 4.90 Å². The van der Waals surface area contributed by atoms with Gasteiger partial charge in [-0.2, -0.15) is 0 Å². The minimum Gasteiger partial charge on any atom is -0.395 e. The Hall–Kier alpha value is -1.10. The lowest BCUT2D eigenvalue weighted by molar-refractivity contribution is -0.142. The molecule has 0 rings (SSSR count). The monoisotopic (exact) mass is 202 g/mol. The summed E-state index contributed by atoms with van der Waals surface area (Å²) in [5.74, 6) is -0.763. The van der Waals surface area contributed by atoms with Gasteiger partial charge in [-0.1, -0.05) is 20.8 Å². The molecule has 0 aliphatic heterocycles. The molecule has 3 N–H and O–H groups in total. The first-order valence-electron chi connectivity index (χ1n) is 4.47. The van der Waals surface area contributed by atoms with Crippen LogP contribution in [0.5, 0.6) is 0 Å². The Morgan fingerprint density at radius 1 is 1.36 bits per heavy atom. The highest BCUT2D eigenvalue weighted by Gasteiger charge is 2.27. The molecule has 0 saturated heterocycles. The highest BCUT2D eigenvalue weighted by Crippen LogP contribution is 2.16. The molecule has 0 aromatic carbocycles. The fraction of sp³-hybridized carbons (Fsp3) is 0.778. The second-order valence-corrected chi connectivity index (χ2v) is 4.17. The molecule has 0 radical (unpaired) electrons. The first kappa shape index (κ1) is 12.9. The molecule has 0 aliphatic carbocycles. The number of hydrogen-bond donors (Lipinski definition) is 2. The number of hydrogen-bond acceptors (Lipinski definition) is 3. The van der Waals surface area contributed by atoms with Crippen molar-refractivity contribution >= 4 is 11.8 Å². The number of primary amides is 1. The third-order valence-electron chi connectivity index (χ3n) is 1.65. The number of carbonyl (C=O) groups excluding carboxylic acids is 2. The molecule has 0 unspecified atom stereocenters. The van der Waals surface area contributed by atoms with Crippen LogP contribution in [0.1, 0.15) is 20.8 Å². The van der Waals surface area contributed by atoms with Crippen LogP contribution < -0.4 is 5.73 Å². The lowest BCUT2D eigenvalue weighted by atomic mass is 9.94. The van der Waals surface area contributed by atoms with E-state index in [1.54, 1.807) is 20.8 Å². The smallest absolute Gasteiger partial charge is 0.237 e. The van der Waals surface area contributed by atoms with Crippen molar-refractivity contribution in [3.63, 3.8) is 0 Å². The summed E-state index contributed by atoms with van der Waals surface area (Å²) >= 11 is 0. The van der Waals surface area contributed by atoms with Gasteiger partial charge in [0, 0.05) is 12.0 Å². The van der Waals surface area contributed by atoms with Gasteiger partial charge < -0.3 is 15.7 Å². The van der Waals surface area contributed by atoms with Crippen LogP contribution in [0, 0.1) is 5.41 Å². The number of nitrogens with zero attached hydrogens (tertiary/aromatic N) is 1. The van der Waals surface area contributed by atoms with Gasteiger partial charge in [-0.05, 0) is 0 Å². The predicted octanol–water partition coefficient (Wildman–Crippen LogP) is -0.661. The van der Waals surface area contributed by atoms with E-state index in [-0.39, 0.29) is 25.6 Å². The van der Waals surface area contributed by atoms with Gasteiger partial charge in [0.25, 0.3) is 0 Å². The molecule has 0 saturated carbocycles. The number of amides is 2. The molecule has 0 spiro atoms. The number of carbonyl (C=O) groups is 2. The molecular weight excluding hydrogens is 184 g/mol. The minimum absolute atomic E-state index is 0.138. The van der Waals surface area contributed by atoms with E-state index in [1.165, 1.54) is 4.90 Å². The van der Waals surface area contributed by atoms with E-state index < -0.39 is 11.3 Å². The first-order valence-corrected chi connectivity index (χ1v) is 4.47. The lowest BCUT2D eigenvalue weighted by Crippen LogP contribution is -2.45. The van der Waals surface area contributed by atoms with Crippen molar-refractivity contribution in [3.05, 3.63) is 0 Å². The summed E-state index contributed by atoms with van der Waals surface area (Å²) in [7, 11) is 0. The number of aliphatic hydroxyl groups excluding tert-OH is 1. The second-order valence-electron chi connectivity index (χ2n) is 4.17. The van der Waals surface area contributed by atoms with Crippen LogP contribution in [0.2, 0.25) is 0 Å². The van der Waals surface area contributed by atoms with Crippen molar-refractivity contribution in [2.45, 2.75) is 20.8 Å². The van der Waals surface area contributed by atoms with Crippen LogP contribution in [0.25, 0.3) is 0 Å². The maximum atomic E-state index is 11.7. The van der Waals surface area contributed by atoms with Crippen LogP contribution in [0.3, 0.4) is 0 Å². The van der Waals surface area contributed by atoms with E-state index in [4.69, 9.17) is 10.8 Å². The van der Waals surface area contributed by atoms with E-state index in [0.29, 0.717) is 0 Å². The Balaban J connectivity index is 4.49. The van der Waals surface area contributed by atoms with Gasteiger partial charge >= 0.3 is 0 Å². The fourth-order valence-corrected chi connectivity index (χ4v) is 1.04. The number of aliphatic hydroxyl groups is 1. The Morgan fingerprint density at radius 3 is 2.14 bits per heavy atom. The molecule has 0 aliphatic rings. The number of nitrogens with two attached hydrogens (primary N) is 1. The van der Waals surface area contributed by atoms with Crippen molar-refractivity contribution in [2.75, 3.05) is 19.7 Å².